The lowest BCUT2D eigenvalue weighted by molar-refractivity contribution is 0.0966. The van der Waals surface area contributed by atoms with Gasteiger partial charge in [-0.25, -0.2) is 4.68 Å². The number of halogens is 1. The van der Waals surface area contributed by atoms with Crippen LogP contribution < -0.4 is 9.64 Å². The molecule has 1 aliphatic rings. The van der Waals surface area contributed by atoms with Crippen molar-refractivity contribution in [2.75, 3.05) is 32.1 Å². The predicted molar refractivity (Wildman–Crippen MR) is 117 cm³/mol. The van der Waals surface area contributed by atoms with E-state index in [1.54, 1.807) is 17.9 Å². The summed E-state index contributed by atoms with van der Waals surface area (Å²) < 4.78 is 6.93. The van der Waals surface area contributed by atoms with Crippen LogP contribution in [0.15, 0.2) is 48.0 Å². The first-order valence-corrected chi connectivity index (χ1v) is 10.8. The first kappa shape index (κ1) is 19.9. The Labute approximate surface area is 179 Å². The van der Waals surface area contributed by atoms with E-state index in [0.717, 1.165) is 36.5 Å². The SMILES string of the molecule is COc1ccc(-n2ccc(N(C(=O)c3cccs3)C3CCN(C)CC3)n2)c(Cl)c1. The molecule has 6 nitrogen and oxygen atoms in total. The van der Waals surface area contributed by atoms with E-state index in [2.05, 4.69) is 11.9 Å². The summed E-state index contributed by atoms with van der Waals surface area (Å²) in [7, 11) is 3.72. The molecular formula is C21H23ClN4O2S. The number of carbonyl (C=O) groups is 1. The van der Waals surface area contributed by atoms with Gasteiger partial charge < -0.3 is 9.64 Å². The number of hydrogen-bond donors (Lipinski definition) is 0. The molecule has 0 saturated carbocycles. The van der Waals surface area contributed by atoms with Gasteiger partial charge in [0.2, 0.25) is 0 Å². The number of piperidine rings is 1. The molecule has 1 aromatic carbocycles. The summed E-state index contributed by atoms with van der Waals surface area (Å²) in [5.74, 6) is 1.33. The molecule has 0 bridgehead atoms. The summed E-state index contributed by atoms with van der Waals surface area (Å²) in [5.41, 5.74) is 0.741. The Morgan fingerprint density at radius 2 is 2.07 bits per heavy atom. The standard InChI is InChI=1S/C21H23ClN4O2S/c1-24-10-7-15(8-11-24)26(21(27)19-4-3-13-29-19)20-9-12-25(23-20)18-6-5-16(28-2)14-17(18)22/h3-6,9,12-15H,7-8,10-11H2,1-2H3. The van der Waals surface area contributed by atoms with Crippen LogP contribution in [0.25, 0.3) is 5.69 Å². The molecule has 152 valence electrons. The number of rotatable bonds is 5. The number of thiophene rings is 1. The molecule has 1 aliphatic heterocycles. The molecule has 29 heavy (non-hydrogen) atoms. The fourth-order valence-electron chi connectivity index (χ4n) is 3.61. The lowest BCUT2D eigenvalue weighted by Crippen LogP contribution is -2.47. The van der Waals surface area contributed by atoms with Gasteiger partial charge in [0.1, 0.15) is 5.75 Å². The molecule has 1 fully saturated rings. The molecule has 3 aromatic rings. The maximum atomic E-state index is 13.3. The molecule has 0 atom stereocenters. The van der Waals surface area contributed by atoms with Crippen LogP contribution in [0.1, 0.15) is 22.5 Å². The van der Waals surface area contributed by atoms with Gasteiger partial charge in [-0.15, -0.1) is 16.4 Å². The van der Waals surface area contributed by atoms with Crippen molar-refractivity contribution in [3.05, 3.63) is 57.9 Å². The summed E-state index contributed by atoms with van der Waals surface area (Å²) in [6.45, 7) is 1.92. The Morgan fingerprint density at radius 1 is 1.28 bits per heavy atom. The van der Waals surface area contributed by atoms with Crippen LogP contribution in [0.5, 0.6) is 5.75 Å². The Balaban J connectivity index is 1.67. The van der Waals surface area contributed by atoms with Crippen molar-refractivity contribution in [3.63, 3.8) is 0 Å². The molecule has 0 radical (unpaired) electrons. The zero-order valence-corrected chi connectivity index (χ0v) is 18.0. The smallest absolute Gasteiger partial charge is 0.269 e. The summed E-state index contributed by atoms with van der Waals surface area (Å²) in [6, 6.07) is 11.2. The average Bonchev–Trinajstić information content (AvgIpc) is 3.42. The van der Waals surface area contributed by atoms with Crippen molar-refractivity contribution in [2.24, 2.45) is 0 Å². The highest BCUT2D eigenvalue weighted by atomic mass is 35.5. The minimum Gasteiger partial charge on any atom is -0.497 e. The average molecular weight is 431 g/mol. The monoisotopic (exact) mass is 430 g/mol. The third-order valence-corrected chi connectivity index (χ3v) is 6.39. The second-order valence-electron chi connectivity index (χ2n) is 7.12. The van der Waals surface area contributed by atoms with Crippen LogP contribution in [0.3, 0.4) is 0 Å². The largest absolute Gasteiger partial charge is 0.497 e. The minimum absolute atomic E-state index is 0.000584. The van der Waals surface area contributed by atoms with E-state index < -0.39 is 0 Å². The molecule has 0 aliphatic carbocycles. The number of hydrogen-bond acceptors (Lipinski definition) is 5. The number of methoxy groups -OCH3 is 1. The molecule has 3 heterocycles. The second kappa shape index (κ2) is 8.57. The molecule has 8 heteroatoms. The number of carbonyl (C=O) groups excluding carboxylic acids is 1. The first-order valence-electron chi connectivity index (χ1n) is 9.52. The number of ether oxygens (including phenoxy) is 1. The molecule has 0 unspecified atom stereocenters. The van der Waals surface area contributed by atoms with Gasteiger partial charge in [-0.2, -0.15) is 0 Å². The van der Waals surface area contributed by atoms with E-state index in [1.807, 2.05) is 46.8 Å². The summed E-state index contributed by atoms with van der Waals surface area (Å²) in [6.07, 6.45) is 3.68. The zero-order chi connectivity index (χ0) is 20.4. The van der Waals surface area contributed by atoms with Gasteiger partial charge in [0.25, 0.3) is 5.91 Å². The lowest BCUT2D eigenvalue weighted by atomic mass is 10.0. The van der Waals surface area contributed by atoms with Gasteiger partial charge in [0.15, 0.2) is 5.82 Å². The molecule has 1 amide bonds. The van der Waals surface area contributed by atoms with Crippen LogP contribution in [0, 0.1) is 0 Å². The maximum absolute atomic E-state index is 13.3. The summed E-state index contributed by atoms with van der Waals surface area (Å²) >= 11 is 7.87. The van der Waals surface area contributed by atoms with Gasteiger partial charge in [-0.1, -0.05) is 17.7 Å². The Bertz CT molecular complexity index is 980. The van der Waals surface area contributed by atoms with Gasteiger partial charge >= 0.3 is 0 Å². The van der Waals surface area contributed by atoms with Crippen molar-refractivity contribution in [3.8, 4) is 11.4 Å². The Kier molecular flexibility index (Phi) is 5.89. The zero-order valence-electron chi connectivity index (χ0n) is 16.4. The minimum atomic E-state index is 0.000584. The fraction of sp³-hybridized carbons (Fsp3) is 0.333. The van der Waals surface area contributed by atoms with Crippen molar-refractivity contribution in [1.82, 2.24) is 14.7 Å². The summed E-state index contributed by atoms with van der Waals surface area (Å²) in [5, 5.41) is 7.17. The van der Waals surface area contributed by atoms with Crippen LogP contribution in [-0.2, 0) is 0 Å². The van der Waals surface area contributed by atoms with Gasteiger partial charge in [-0.05, 0) is 56.6 Å². The van der Waals surface area contributed by atoms with E-state index in [4.69, 9.17) is 21.4 Å². The van der Waals surface area contributed by atoms with E-state index in [1.165, 1.54) is 11.3 Å². The van der Waals surface area contributed by atoms with E-state index in [-0.39, 0.29) is 11.9 Å². The van der Waals surface area contributed by atoms with Gasteiger partial charge in [-0.3, -0.25) is 9.69 Å². The van der Waals surface area contributed by atoms with Gasteiger partial charge in [0.05, 0.1) is 22.7 Å². The van der Waals surface area contributed by atoms with Crippen molar-refractivity contribution in [1.29, 1.82) is 0 Å². The van der Waals surface area contributed by atoms with Gasteiger partial charge in [0, 0.05) is 24.4 Å². The first-order chi connectivity index (χ1) is 14.1. The number of likely N-dealkylation sites (tertiary alicyclic amines) is 1. The number of nitrogens with zero attached hydrogens (tertiary/aromatic N) is 4. The van der Waals surface area contributed by atoms with Crippen molar-refractivity contribution in [2.45, 2.75) is 18.9 Å². The quantitative estimate of drug-likeness (QED) is 0.604. The summed E-state index contributed by atoms with van der Waals surface area (Å²) in [4.78, 5) is 18.2. The van der Waals surface area contributed by atoms with Crippen molar-refractivity contribution >= 4 is 34.7 Å². The number of benzene rings is 1. The molecule has 2 aromatic heterocycles. The number of amides is 1. The predicted octanol–water partition coefficient (Wildman–Crippen LogP) is 4.34. The van der Waals surface area contributed by atoms with E-state index >= 15 is 0 Å². The third kappa shape index (κ3) is 4.17. The van der Waals surface area contributed by atoms with Crippen LogP contribution >= 0.6 is 22.9 Å². The Hall–Kier alpha value is -2.35. The number of anilines is 1. The molecule has 0 spiro atoms. The van der Waals surface area contributed by atoms with Crippen LogP contribution in [0.4, 0.5) is 5.82 Å². The molecule has 4 rings (SSSR count). The maximum Gasteiger partial charge on any atom is 0.269 e. The molecule has 1 saturated heterocycles. The Morgan fingerprint density at radius 3 is 2.72 bits per heavy atom. The molecule has 0 N–H and O–H groups in total. The van der Waals surface area contributed by atoms with Crippen molar-refractivity contribution < 1.29 is 9.53 Å². The number of aromatic nitrogens is 2. The highest BCUT2D eigenvalue weighted by molar-refractivity contribution is 7.12. The highest BCUT2D eigenvalue weighted by Crippen LogP contribution is 2.29. The van der Waals surface area contributed by atoms with Crippen LogP contribution in [-0.4, -0.2) is 53.9 Å². The topological polar surface area (TPSA) is 50.6 Å². The lowest BCUT2D eigenvalue weighted by Gasteiger charge is -2.36. The van der Waals surface area contributed by atoms with Crippen LogP contribution in [0.2, 0.25) is 5.02 Å². The second-order valence-corrected chi connectivity index (χ2v) is 8.48. The third-order valence-electron chi connectivity index (χ3n) is 5.23. The molecular weight excluding hydrogens is 408 g/mol. The van der Waals surface area contributed by atoms with E-state index in [0.29, 0.717) is 16.6 Å². The normalized spacial score (nSPS) is 15.4. The van der Waals surface area contributed by atoms with E-state index in [9.17, 15) is 4.79 Å². The highest BCUT2D eigenvalue weighted by Gasteiger charge is 2.31. The fourth-order valence-corrected chi connectivity index (χ4v) is 4.52.